The lowest BCUT2D eigenvalue weighted by Gasteiger charge is -1.90. The zero-order valence-electron chi connectivity index (χ0n) is 10.4. The molecule has 0 aliphatic heterocycles. The number of hydrogen-bond donors (Lipinski definition) is 2. The van der Waals surface area contributed by atoms with E-state index >= 15 is 0 Å². The average molecular weight is 258 g/mol. The Hall–Kier alpha value is -2.54. The number of hydrogen-bond acceptors (Lipinski definition) is 5. The zero-order chi connectivity index (χ0) is 13.3. The third-order valence-electron chi connectivity index (χ3n) is 2.25. The number of methoxy groups -OCH3 is 1. The van der Waals surface area contributed by atoms with Gasteiger partial charge in [-0.05, 0) is 0 Å². The number of ether oxygens (including phenoxy) is 1. The summed E-state index contributed by atoms with van der Waals surface area (Å²) in [4.78, 5) is 0. The normalized spacial score (nSPS) is 9.74. The Morgan fingerprint density at radius 1 is 1.00 bits per heavy atom. The summed E-state index contributed by atoms with van der Waals surface area (Å²) in [5, 5.41) is 19.9. The van der Waals surface area contributed by atoms with Crippen molar-refractivity contribution in [3.63, 3.8) is 0 Å². The van der Waals surface area contributed by atoms with E-state index in [1.165, 1.54) is 0 Å². The molecule has 2 heterocycles. The molecule has 98 valence electrons. The van der Waals surface area contributed by atoms with E-state index in [-0.39, 0.29) is 0 Å². The number of aromatic amines is 2. The Labute approximate surface area is 110 Å². The predicted molar refractivity (Wildman–Crippen MR) is 68.9 cm³/mol. The van der Waals surface area contributed by atoms with Gasteiger partial charge in [-0.2, -0.15) is 0 Å². The number of rotatable bonds is 3. The van der Waals surface area contributed by atoms with Gasteiger partial charge in [-0.3, -0.25) is 10.2 Å². The first-order valence-corrected chi connectivity index (χ1v) is 5.66. The van der Waals surface area contributed by atoms with E-state index in [2.05, 4.69) is 30.8 Å². The number of benzene rings is 1. The van der Waals surface area contributed by atoms with Crippen molar-refractivity contribution in [3.05, 3.63) is 48.4 Å². The predicted octanol–water partition coefficient (Wildman–Crippen LogP) is 1.42. The highest BCUT2D eigenvalue weighted by atomic mass is 16.5. The van der Waals surface area contributed by atoms with Gasteiger partial charge in [0.15, 0.2) is 0 Å². The van der Waals surface area contributed by atoms with Gasteiger partial charge in [0.2, 0.25) is 0 Å². The lowest BCUT2D eigenvalue weighted by molar-refractivity contribution is 0.181. The van der Waals surface area contributed by atoms with E-state index in [0.29, 0.717) is 6.61 Å². The van der Waals surface area contributed by atoms with Gasteiger partial charge in [0.1, 0.15) is 11.4 Å². The molecule has 3 rings (SSSR count). The Kier molecular flexibility index (Phi) is 4.77. The highest BCUT2D eigenvalue weighted by molar-refractivity contribution is 5.56. The van der Waals surface area contributed by atoms with Crippen LogP contribution in [0.5, 0.6) is 0 Å². The second kappa shape index (κ2) is 7.02. The molecule has 2 aromatic heterocycles. The molecule has 0 saturated carbocycles. The summed E-state index contributed by atoms with van der Waals surface area (Å²) in [5.41, 5.74) is 2.79. The number of H-pyrrole nitrogens is 2. The zero-order valence-corrected chi connectivity index (χ0v) is 10.4. The van der Waals surface area contributed by atoms with Gasteiger partial charge in [-0.15, -0.1) is 10.2 Å². The highest BCUT2D eigenvalue weighted by Gasteiger charge is 1.96. The molecule has 0 fully saturated rings. The summed E-state index contributed by atoms with van der Waals surface area (Å²) in [6.45, 7) is 0.524. The van der Waals surface area contributed by atoms with Crippen LogP contribution in [0.15, 0.2) is 42.7 Å². The van der Waals surface area contributed by atoms with Crippen molar-refractivity contribution >= 4 is 0 Å². The van der Waals surface area contributed by atoms with E-state index in [1.54, 1.807) is 19.5 Å². The van der Waals surface area contributed by atoms with Crippen LogP contribution in [0.2, 0.25) is 0 Å². The van der Waals surface area contributed by atoms with Crippen molar-refractivity contribution in [2.75, 3.05) is 7.11 Å². The first-order chi connectivity index (χ1) is 9.40. The summed E-state index contributed by atoms with van der Waals surface area (Å²) in [6, 6.07) is 9.92. The first-order valence-electron chi connectivity index (χ1n) is 5.66. The van der Waals surface area contributed by atoms with E-state index in [1.807, 2.05) is 30.3 Å². The van der Waals surface area contributed by atoms with Crippen molar-refractivity contribution in [2.45, 2.75) is 6.61 Å². The molecule has 0 amide bonds. The van der Waals surface area contributed by atoms with Gasteiger partial charge in [0.05, 0.1) is 6.61 Å². The van der Waals surface area contributed by atoms with Crippen molar-refractivity contribution in [2.24, 2.45) is 0 Å². The molecule has 19 heavy (non-hydrogen) atoms. The molecule has 0 atom stereocenters. The first kappa shape index (κ1) is 12.9. The topological polar surface area (TPSA) is 92.4 Å². The summed E-state index contributed by atoms with van der Waals surface area (Å²) in [5.74, 6) is 0. The minimum Gasteiger partial charge on any atom is -0.378 e. The van der Waals surface area contributed by atoms with Crippen LogP contribution >= 0.6 is 0 Å². The quantitative estimate of drug-likeness (QED) is 0.741. The maximum absolute atomic E-state index is 4.76. The molecule has 0 spiro atoms. The van der Waals surface area contributed by atoms with Crippen molar-refractivity contribution in [1.29, 1.82) is 0 Å². The summed E-state index contributed by atoms with van der Waals surface area (Å²) >= 11 is 0. The number of nitrogens with zero attached hydrogens (tertiary/aromatic N) is 4. The maximum Gasteiger partial charge on any atom is 0.112 e. The lowest BCUT2D eigenvalue weighted by atomic mass is 10.2. The fourth-order valence-electron chi connectivity index (χ4n) is 1.40. The van der Waals surface area contributed by atoms with Crippen LogP contribution < -0.4 is 0 Å². The van der Waals surface area contributed by atoms with E-state index in [4.69, 9.17) is 4.74 Å². The monoisotopic (exact) mass is 258 g/mol. The van der Waals surface area contributed by atoms with Crippen LogP contribution in [-0.2, 0) is 11.3 Å². The van der Waals surface area contributed by atoms with Gasteiger partial charge in [-0.25, -0.2) is 0 Å². The molecular weight excluding hydrogens is 244 g/mol. The molecule has 0 bridgehead atoms. The van der Waals surface area contributed by atoms with Crippen LogP contribution in [0.4, 0.5) is 0 Å². The van der Waals surface area contributed by atoms with E-state index < -0.39 is 0 Å². The third kappa shape index (κ3) is 4.00. The molecule has 7 nitrogen and oxygen atoms in total. The van der Waals surface area contributed by atoms with Gasteiger partial charge < -0.3 is 4.74 Å². The second-order valence-electron chi connectivity index (χ2n) is 3.62. The molecule has 0 radical (unpaired) electrons. The van der Waals surface area contributed by atoms with Crippen LogP contribution in [0.1, 0.15) is 5.69 Å². The number of nitrogens with one attached hydrogen (secondary N) is 2. The summed E-state index contributed by atoms with van der Waals surface area (Å²) in [7, 11) is 1.62. The molecule has 0 aliphatic carbocycles. The van der Waals surface area contributed by atoms with Gasteiger partial charge in [0, 0.05) is 25.1 Å². The van der Waals surface area contributed by atoms with Crippen molar-refractivity contribution in [3.8, 4) is 11.3 Å². The Balaban J connectivity index is 0.000000148. The Morgan fingerprint density at radius 2 is 1.74 bits per heavy atom. The minimum atomic E-state index is 0.524. The molecule has 1 aromatic carbocycles. The molecule has 2 N–H and O–H groups in total. The SMILES string of the molecule is COCc1c[nH]nn1.c1ccc(-c2c[nH]nn2)cc1. The molecular formula is C12H14N6O. The highest BCUT2D eigenvalue weighted by Crippen LogP contribution is 2.12. The lowest BCUT2D eigenvalue weighted by Crippen LogP contribution is -1.85. The van der Waals surface area contributed by atoms with Crippen LogP contribution in [-0.4, -0.2) is 37.9 Å². The van der Waals surface area contributed by atoms with Crippen LogP contribution in [0.25, 0.3) is 11.3 Å². The molecule has 0 aliphatic rings. The second-order valence-corrected chi connectivity index (χ2v) is 3.62. The standard InChI is InChI=1S/C8H7N3.C4H7N3O/c1-2-4-7(5-3-1)8-6-9-11-10-8;1-8-3-4-2-5-7-6-4/h1-6H,(H,9,10,11);2H,3H2,1H3,(H,5,6,7). The molecule has 3 aromatic rings. The fraction of sp³-hybridized carbons (Fsp3) is 0.167. The van der Waals surface area contributed by atoms with Crippen LogP contribution in [0, 0.1) is 0 Å². The molecule has 0 saturated heterocycles. The van der Waals surface area contributed by atoms with Gasteiger partial charge >= 0.3 is 0 Å². The Bertz CT molecular complexity index is 549. The van der Waals surface area contributed by atoms with Gasteiger partial charge in [0.25, 0.3) is 0 Å². The summed E-state index contributed by atoms with van der Waals surface area (Å²) < 4.78 is 4.76. The minimum absolute atomic E-state index is 0.524. The molecule has 7 heteroatoms. The van der Waals surface area contributed by atoms with Crippen molar-refractivity contribution < 1.29 is 4.74 Å². The summed E-state index contributed by atoms with van der Waals surface area (Å²) in [6.07, 6.45) is 3.47. The van der Waals surface area contributed by atoms with Gasteiger partial charge in [-0.1, -0.05) is 40.8 Å². The smallest absolute Gasteiger partial charge is 0.112 e. The fourth-order valence-corrected chi connectivity index (χ4v) is 1.40. The maximum atomic E-state index is 4.76. The average Bonchev–Trinajstić information content (AvgIpc) is 3.14. The van der Waals surface area contributed by atoms with E-state index in [9.17, 15) is 0 Å². The molecule has 0 unspecified atom stereocenters. The number of aromatic nitrogens is 6. The third-order valence-corrected chi connectivity index (χ3v) is 2.25. The Morgan fingerprint density at radius 3 is 2.32 bits per heavy atom. The van der Waals surface area contributed by atoms with Crippen LogP contribution in [0.3, 0.4) is 0 Å². The largest absolute Gasteiger partial charge is 0.378 e. The van der Waals surface area contributed by atoms with E-state index in [0.717, 1.165) is 17.0 Å². The van der Waals surface area contributed by atoms with Crippen molar-refractivity contribution in [1.82, 2.24) is 30.8 Å².